The van der Waals surface area contributed by atoms with Gasteiger partial charge in [0.1, 0.15) is 0 Å². The fourth-order valence-corrected chi connectivity index (χ4v) is 3.18. The number of aromatic nitrogens is 3. The predicted octanol–water partition coefficient (Wildman–Crippen LogP) is 2.75. The molecule has 7 heteroatoms. The molecule has 0 bridgehead atoms. The van der Waals surface area contributed by atoms with Gasteiger partial charge < -0.3 is 10.2 Å². The molecule has 132 valence electrons. The van der Waals surface area contributed by atoms with Gasteiger partial charge in [-0.2, -0.15) is 5.10 Å². The van der Waals surface area contributed by atoms with Crippen LogP contribution in [0.15, 0.2) is 16.4 Å². The van der Waals surface area contributed by atoms with E-state index in [1.807, 2.05) is 13.8 Å². The molecule has 0 atom stereocenters. The minimum absolute atomic E-state index is 0.771. The van der Waals surface area contributed by atoms with E-state index in [1.54, 1.807) is 11.3 Å². The Kier molecular flexibility index (Phi) is 6.78. The summed E-state index contributed by atoms with van der Waals surface area (Å²) in [6, 6.07) is 2.11. The maximum atomic E-state index is 4.73. The average Bonchev–Trinajstić information content (AvgIpc) is 3.07. The Morgan fingerprint density at radius 1 is 1.38 bits per heavy atom. The zero-order valence-electron chi connectivity index (χ0n) is 15.3. The van der Waals surface area contributed by atoms with Crippen LogP contribution in [-0.2, 0) is 13.1 Å². The van der Waals surface area contributed by atoms with Crippen LogP contribution in [0.3, 0.4) is 0 Å². The molecular formula is C17H28N6S. The summed E-state index contributed by atoms with van der Waals surface area (Å²) in [6.07, 6.45) is 0.973. The van der Waals surface area contributed by atoms with Crippen LogP contribution in [-0.4, -0.2) is 45.8 Å². The van der Waals surface area contributed by atoms with E-state index in [2.05, 4.69) is 57.3 Å². The molecule has 0 fully saturated rings. The van der Waals surface area contributed by atoms with Crippen molar-refractivity contribution in [2.24, 2.45) is 4.99 Å². The lowest BCUT2D eigenvalue weighted by molar-refractivity contribution is 0.469. The molecule has 6 nitrogen and oxygen atoms in total. The standard InChI is InChI=1S/C17H28N6S/c1-6-18-17(22(5)11-16-12-24-15(4)20-16)19-8-7-9-23-14(3)10-13(2)21-23/h10,12H,6-9,11H2,1-5H3,(H,18,19). The highest BCUT2D eigenvalue weighted by atomic mass is 32.1. The third kappa shape index (κ3) is 5.33. The van der Waals surface area contributed by atoms with E-state index in [0.29, 0.717) is 0 Å². The molecule has 24 heavy (non-hydrogen) atoms. The Morgan fingerprint density at radius 2 is 2.17 bits per heavy atom. The van der Waals surface area contributed by atoms with Gasteiger partial charge in [-0.05, 0) is 40.2 Å². The number of nitrogens with zero attached hydrogens (tertiary/aromatic N) is 5. The topological polar surface area (TPSA) is 58.3 Å². The maximum Gasteiger partial charge on any atom is 0.194 e. The van der Waals surface area contributed by atoms with Gasteiger partial charge in [0.05, 0.1) is 22.9 Å². The van der Waals surface area contributed by atoms with Crippen molar-refractivity contribution in [1.82, 2.24) is 25.0 Å². The van der Waals surface area contributed by atoms with Gasteiger partial charge in [0.2, 0.25) is 0 Å². The van der Waals surface area contributed by atoms with Gasteiger partial charge in [0.25, 0.3) is 0 Å². The molecule has 2 heterocycles. The molecule has 0 aliphatic heterocycles. The Hall–Kier alpha value is -1.89. The summed E-state index contributed by atoms with van der Waals surface area (Å²) in [5.74, 6) is 0.927. The molecule has 2 aromatic heterocycles. The first-order valence-electron chi connectivity index (χ1n) is 8.41. The van der Waals surface area contributed by atoms with Crippen LogP contribution in [0.2, 0.25) is 0 Å². The first-order valence-corrected chi connectivity index (χ1v) is 9.29. The van der Waals surface area contributed by atoms with Crippen LogP contribution >= 0.6 is 11.3 Å². The van der Waals surface area contributed by atoms with Gasteiger partial charge in [-0.3, -0.25) is 9.67 Å². The van der Waals surface area contributed by atoms with Gasteiger partial charge in [0.15, 0.2) is 5.96 Å². The second kappa shape index (κ2) is 8.82. The van der Waals surface area contributed by atoms with E-state index < -0.39 is 0 Å². The maximum absolute atomic E-state index is 4.73. The van der Waals surface area contributed by atoms with E-state index >= 15 is 0 Å². The zero-order valence-corrected chi connectivity index (χ0v) is 16.2. The van der Waals surface area contributed by atoms with Crippen molar-refractivity contribution in [2.45, 2.75) is 47.2 Å². The number of thiazole rings is 1. The third-order valence-electron chi connectivity index (χ3n) is 3.66. The molecular weight excluding hydrogens is 320 g/mol. The highest BCUT2D eigenvalue weighted by Crippen LogP contribution is 2.10. The van der Waals surface area contributed by atoms with Gasteiger partial charge in [0, 0.05) is 37.8 Å². The Balaban J connectivity index is 1.88. The van der Waals surface area contributed by atoms with E-state index in [4.69, 9.17) is 4.99 Å². The van der Waals surface area contributed by atoms with Crippen molar-refractivity contribution in [3.05, 3.63) is 33.5 Å². The van der Waals surface area contributed by atoms with Gasteiger partial charge in [-0.1, -0.05) is 0 Å². The molecule has 0 amide bonds. The van der Waals surface area contributed by atoms with Gasteiger partial charge in [-0.25, -0.2) is 4.98 Å². The lowest BCUT2D eigenvalue weighted by Crippen LogP contribution is -2.38. The number of aryl methyl sites for hydroxylation is 4. The summed E-state index contributed by atoms with van der Waals surface area (Å²) in [5, 5.41) is 11.1. The summed E-state index contributed by atoms with van der Waals surface area (Å²) in [7, 11) is 2.05. The van der Waals surface area contributed by atoms with Crippen LogP contribution in [0.4, 0.5) is 0 Å². The monoisotopic (exact) mass is 348 g/mol. The molecule has 0 saturated carbocycles. The van der Waals surface area contributed by atoms with Crippen molar-refractivity contribution in [2.75, 3.05) is 20.1 Å². The van der Waals surface area contributed by atoms with Gasteiger partial charge in [-0.15, -0.1) is 11.3 Å². The number of guanidine groups is 1. The highest BCUT2D eigenvalue weighted by Gasteiger charge is 2.08. The molecule has 0 aliphatic carbocycles. The lowest BCUT2D eigenvalue weighted by Gasteiger charge is -2.21. The largest absolute Gasteiger partial charge is 0.357 e. The first-order chi connectivity index (χ1) is 11.5. The fraction of sp³-hybridized carbons (Fsp3) is 0.588. The predicted molar refractivity (Wildman–Crippen MR) is 101 cm³/mol. The molecule has 0 aliphatic rings. The molecule has 0 saturated heterocycles. The number of nitrogens with one attached hydrogen (secondary N) is 1. The lowest BCUT2D eigenvalue weighted by atomic mass is 10.4. The highest BCUT2D eigenvalue weighted by molar-refractivity contribution is 7.09. The number of hydrogen-bond acceptors (Lipinski definition) is 4. The van der Waals surface area contributed by atoms with E-state index in [9.17, 15) is 0 Å². The minimum Gasteiger partial charge on any atom is -0.357 e. The summed E-state index contributed by atoms with van der Waals surface area (Å²) >= 11 is 1.69. The SMILES string of the molecule is CCNC(=NCCCn1nc(C)cc1C)N(C)Cc1csc(C)n1. The second-order valence-corrected chi connectivity index (χ2v) is 7.02. The molecule has 0 radical (unpaired) electrons. The van der Waals surface area contributed by atoms with Crippen molar-refractivity contribution < 1.29 is 0 Å². The van der Waals surface area contributed by atoms with Crippen LogP contribution in [0.5, 0.6) is 0 Å². The van der Waals surface area contributed by atoms with Crippen molar-refractivity contribution in [1.29, 1.82) is 0 Å². The Morgan fingerprint density at radius 3 is 2.75 bits per heavy atom. The number of aliphatic imine (C=N–C) groups is 1. The molecule has 2 aromatic rings. The smallest absolute Gasteiger partial charge is 0.194 e. The number of rotatable bonds is 7. The quantitative estimate of drug-likeness (QED) is 0.475. The van der Waals surface area contributed by atoms with Crippen molar-refractivity contribution >= 4 is 17.3 Å². The van der Waals surface area contributed by atoms with E-state index in [1.165, 1.54) is 5.69 Å². The summed E-state index contributed by atoms with van der Waals surface area (Å²) in [6.45, 7) is 11.6. The summed E-state index contributed by atoms with van der Waals surface area (Å²) < 4.78 is 2.06. The fourth-order valence-electron chi connectivity index (χ4n) is 2.58. The van der Waals surface area contributed by atoms with Crippen LogP contribution in [0.1, 0.15) is 35.4 Å². The Bertz CT molecular complexity index is 672. The summed E-state index contributed by atoms with van der Waals surface area (Å²) in [4.78, 5) is 11.4. The van der Waals surface area contributed by atoms with E-state index in [-0.39, 0.29) is 0 Å². The third-order valence-corrected chi connectivity index (χ3v) is 4.48. The number of hydrogen-bond donors (Lipinski definition) is 1. The molecule has 2 rings (SSSR count). The van der Waals surface area contributed by atoms with Crippen molar-refractivity contribution in [3.8, 4) is 0 Å². The normalized spacial score (nSPS) is 11.8. The molecule has 1 N–H and O–H groups in total. The molecule has 0 unspecified atom stereocenters. The van der Waals surface area contributed by atoms with E-state index in [0.717, 1.165) is 55.0 Å². The van der Waals surface area contributed by atoms with Crippen LogP contribution in [0, 0.1) is 20.8 Å². The first kappa shape index (κ1) is 18.4. The summed E-state index contributed by atoms with van der Waals surface area (Å²) in [5.41, 5.74) is 3.37. The zero-order chi connectivity index (χ0) is 17.5. The minimum atomic E-state index is 0.771. The van der Waals surface area contributed by atoms with Crippen LogP contribution < -0.4 is 5.32 Å². The molecule has 0 aromatic carbocycles. The van der Waals surface area contributed by atoms with Crippen molar-refractivity contribution in [3.63, 3.8) is 0 Å². The Labute approximate surface area is 148 Å². The van der Waals surface area contributed by atoms with Gasteiger partial charge >= 0.3 is 0 Å². The molecule has 0 spiro atoms. The average molecular weight is 349 g/mol. The van der Waals surface area contributed by atoms with Crippen LogP contribution in [0.25, 0.3) is 0 Å². The second-order valence-electron chi connectivity index (χ2n) is 5.95.